The van der Waals surface area contributed by atoms with Gasteiger partial charge in [-0.05, 0) is 61.6 Å². The topological polar surface area (TPSA) is 97.9 Å². The number of carbonyl (C=O) groups is 2. The monoisotopic (exact) mass is 445 g/mol. The van der Waals surface area contributed by atoms with Gasteiger partial charge in [-0.2, -0.15) is 0 Å². The maximum atomic E-state index is 12.5. The molecule has 0 radical (unpaired) electrons. The van der Waals surface area contributed by atoms with Crippen LogP contribution in [-0.4, -0.2) is 57.0 Å². The van der Waals surface area contributed by atoms with Crippen LogP contribution in [-0.2, 0) is 9.47 Å². The molecule has 0 fully saturated rings. The third-order valence-corrected chi connectivity index (χ3v) is 4.22. The highest BCUT2D eigenvalue weighted by atomic mass is 32.1. The summed E-state index contributed by atoms with van der Waals surface area (Å²) in [5.74, 6) is 0.0235. The second kappa shape index (κ2) is 13.3. The fourth-order valence-corrected chi connectivity index (χ4v) is 2.71. The van der Waals surface area contributed by atoms with E-state index in [1.54, 1.807) is 55.6 Å². The van der Waals surface area contributed by atoms with E-state index in [2.05, 4.69) is 16.0 Å². The summed E-state index contributed by atoms with van der Waals surface area (Å²) >= 11 is 5.22. The van der Waals surface area contributed by atoms with Crippen molar-refractivity contribution in [3.63, 3.8) is 0 Å². The molecule has 0 saturated heterocycles. The van der Waals surface area contributed by atoms with Gasteiger partial charge in [0.2, 0.25) is 0 Å². The number of thiocarbonyl (C=S) groups is 1. The van der Waals surface area contributed by atoms with Crippen LogP contribution < -0.4 is 20.7 Å². The standard InChI is InChI=1S/C22H27N3O5S/c1-3-29-13-14-30-19-6-4-5-17(15-19)21(27)25-22(31)24-18-9-7-16(8-10-18)20(26)23-11-12-28-2/h4-10,15H,3,11-14H2,1-2H3,(H,23,26)(H2,24,25,27,31). The lowest BCUT2D eigenvalue weighted by atomic mass is 10.2. The molecule has 166 valence electrons. The summed E-state index contributed by atoms with van der Waals surface area (Å²) in [6.07, 6.45) is 0. The number of nitrogens with one attached hydrogen (secondary N) is 3. The number of hydrogen-bond donors (Lipinski definition) is 3. The van der Waals surface area contributed by atoms with Gasteiger partial charge in [-0.25, -0.2) is 0 Å². The lowest BCUT2D eigenvalue weighted by Crippen LogP contribution is -2.34. The molecular formula is C22H27N3O5S. The number of rotatable bonds is 11. The number of hydrogen-bond acceptors (Lipinski definition) is 6. The molecule has 2 aromatic rings. The molecule has 3 N–H and O–H groups in total. The molecule has 0 spiro atoms. The average molecular weight is 446 g/mol. The largest absolute Gasteiger partial charge is 0.491 e. The SMILES string of the molecule is CCOCCOc1cccc(C(=O)NC(=S)Nc2ccc(C(=O)NCCOC)cc2)c1. The van der Waals surface area contributed by atoms with Crippen molar-refractivity contribution in [3.8, 4) is 5.75 Å². The van der Waals surface area contributed by atoms with Gasteiger partial charge in [0, 0.05) is 37.1 Å². The predicted octanol–water partition coefficient (Wildman–Crippen LogP) is 2.60. The first-order valence-electron chi connectivity index (χ1n) is 9.83. The summed E-state index contributed by atoms with van der Waals surface area (Å²) in [5, 5.41) is 8.44. The van der Waals surface area contributed by atoms with E-state index >= 15 is 0 Å². The van der Waals surface area contributed by atoms with Gasteiger partial charge in [0.15, 0.2) is 5.11 Å². The summed E-state index contributed by atoms with van der Waals surface area (Å²) in [5.41, 5.74) is 1.57. The maximum absolute atomic E-state index is 12.5. The highest BCUT2D eigenvalue weighted by molar-refractivity contribution is 7.80. The van der Waals surface area contributed by atoms with Crippen molar-refractivity contribution >= 4 is 34.8 Å². The van der Waals surface area contributed by atoms with Gasteiger partial charge in [0.1, 0.15) is 12.4 Å². The van der Waals surface area contributed by atoms with Crippen LogP contribution in [0.2, 0.25) is 0 Å². The van der Waals surface area contributed by atoms with Crippen LogP contribution >= 0.6 is 12.2 Å². The Labute approximate surface area is 187 Å². The van der Waals surface area contributed by atoms with Gasteiger partial charge in [-0.3, -0.25) is 14.9 Å². The molecule has 0 aromatic heterocycles. The van der Waals surface area contributed by atoms with Crippen LogP contribution in [0.4, 0.5) is 5.69 Å². The van der Waals surface area contributed by atoms with E-state index in [9.17, 15) is 9.59 Å². The average Bonchev–Trinajstić information content (AvgIpc) is 2.77. The normalized spacial score (nSPS) is 10.3. The molecule has 0 saturated carbocycles. The van der Waals surface area contributed by atoms with Crippen LogP contribution in [0.25, 0.3) is 0 Å². The Bertz CT molecular complexity index is 874. The quantitative estimate of drug-likeness (QED) is 0.361. The van der Waals surface area contributed by atoms with Crippen LogP contribution in [0, 0.1) is 0 Å². The molecule has 31 heavy (non-hydrogen) atoms. The lowest BCUT2D eigenvalue weighted by molar-refractivity contribution is 0.0935. The van der Waals surface area contributed by atoms with Gasteiger partial charge in [0.25, 0.3) is 11.8 Å². The minimum absolute atomic E-state index is 0.143. The smallest absolute Gasteiger partial charge is 0.257 e. The van der Waals surface area contributed by atoms with E-state index in [1.165, 1.54) is 0 Å². The van der Waals surface area contributed by atoms with Gasteiger partial charge in [-0.15, -0.1) is 0 Å². The molecule has 2 rings (SSSR count). The van der Waals surface area contributed by atoms with Gasteiger partial charge in [0.05, 0.1) is 13.2 Å². The van der Waals surface area contributed by atoms with E-state index in [1.807, 2.05) is 6.92 Å². The van der Waals surface area contributed by atoms with Crippen molar-refractivity contribution in [1.29, 1.82) is 0 Å². The van der Waals surface area contributed by atoms with Crippen molar-refractivity contribution in [3.05, 3.63) is 59.7 Å². The molecule has 8 nitrogen and oxygen atoms in total. The minimum atomic E-state index is -0.359. The Hall–Kier alpha value is -3.01. The highest BCUT2D eigenvalue weighted by Gasteiger charge is 2.10. The Balaban J connectivity index is 1.85. The van der Waals surface area contributed by atoms with Crippen molar-refractivity contribution in [2.75, 3.05) is 45.4 Å². The maximum Gasteiger partial charge on any atom is 0.257 e. The summed E-state index contributed by atoms with van der Waals surface area (Å²) < 4.78 is 15.7. The predicted molar refractivity (Wildman–Crippen MR) is 123 cm³/mol. The Morgan fingerprint density at radius 1 is 0.968 bits per heavy atom. The van der Waals surface area contributed by atoms with Crippen molar-refractivity contribution in [2.24, 2.45) is 0 Å². The lowest BCUT2D eigenvalue weighted by Gasteiger charge is -2.11. The van der Waals surface area contributed by atoms with Gasteiger partial charge < -0.3 is 24.8 Å². The number of ether oxygens (including phenoxy) is 3. The second-order valence-corrected chi connectivity index (χ2v) is 6.72. The van der Waals surface area contributed by atoms with E-state index in [4.69, 9.17) is 26.4 Å². The molecule has 2 aromatic carbocycles. The van der Waals surface area contributed by atoms with Crippen LogP contribution in [0.5, 0.6) is 5.75 Å². The first-order chi connectivity index (χ1) is 15.0. The Morgan fingerprint density at radius 2 is 1.74 bits per heavy atom. The Morgan fingerprint density at radius 3 is 2.45 bits per heavy atom. The van der Waals surface area contributed by atoms with Crippen molar-refractivity contribution < 1.29 is 23.8 Å². The van der Waals surface area contributed by atoms with E-state index in [-0.39, 0.29) is 16.9 Å². The molecule has 0 aliphatic rings. The Kier molecular flexibility index (Phi) is 10.4. The van der Waals surface area contributed by atoms with Crippen LogP contribution in [0.15, 0.2) is 48.5 Å². The molecule has 0 atom stereocenters. The van der Waals surface area contributed by atoms with E-state index < -0.39 is 0 Å². The molecule has 2 amide bonds. The molecule has 0 aliphatic heterocycles. The molecule has 0 bridgehead atoms. The summed E-state index contributed by atoms with van der Waals surface area (Å²) in [7, 11) is 1.57. The molecule has 9 heteroatoms. The van der Waals surface area contributed by atoms with Gasteiger partial charge in [-0.1, -0.05) is 6.07 Å². The number of anilines is 1. The third-order valence-electron chi connectivity index (χ3n) is 4.02. The van der Waals surface area contributed by atoms with E-state index in [0.29, 0.717) is 55.5 Å². The highest BCUT2D eigenvalue weighted by Crippen LogP contribution is 2.14. The van der Waals surface area contributed by atoms with Crippen LogP contribution in [0.1, 0.15) is 27.6 Å². The fourth-order valence-electron chi connectivity index (χ4n) is 2.50. The minimum Gasteiger partial charge on any atom is -0.491 e. The molecule has 0 unspecified atom stereocenters. The van der Waals surface area contributed by atoms with Crippen LogP contribution in [0.3, 0.4) is 0 Å². The second-order valence-electron chi connectivity index (χ2n) is 6.31. The fraction of sp³-hybridized carbons (Fsp3) is 0.318. The zero-order valence-corrected chi connectivity index (χ0v) is 18.4. The zero-order chi connectivity index (χ0) is 22.5. The first-order valence-corrected chi connectivity index (χ1v) is 10.2. The third kappa shape index (κ3) is 8.71. The summed E-state index contributed by atoms with van der Waals surface area (Å²) in [4.78, 5) is 24.5. The number of benzene rings is 2. The van der Waals surface area contributed by atoms with Gasteiger partial charge >= 0.3 is 0 Å². The number of carbonyl (C=O) groups excluding carboxylic acids is 2. The van der Waals surface area contributed by atoms with Crippen molar-refractivity contribution in [1.82, 2.24) is 10.6 Å². The summed E-state index contributed by atoms with van der Waals surface area (Å²) in [6, 6.07) is 13.6. The molecular weight excluding hydrogens is 418 g/mol. The molecule has 0 heterocycles. The van der Waals surface area contributed by atoms with E-state index in [0.717, 1.165) is 0 Å². The number of methoxy groups -OCH3 is 1. The summed E-state index contributed by atoms with van der Waals surface area (Å²) in [6.45, 7) is 4.30. The zero-order valence-electron chi connectivity index (χ0n) is 17.6. The molecule has 0 aliphatic carbocycles. The first kappa shape index (κ1) is 24.3. The van der Waals surface area contributed by atoms with Crippen molar-refractivity contribution in [2.45, 2.75) is 6.92 Å². The number of amides is 2.